The number of halogens is 1. The normalized spacial score (nSPS) is 11.9. The van der Waals surface area contributed by atoms with Crippen molar-refractivity contribution in [1.82, 2.24) is 0 Å². The zero-order valence-electron chi connectivity index (χ0n) is 4.56. The van der Waals surface area contributed by atoms with Gasteiger partial charge in [-0.25, -0.2) is 4.99 Å². The zero-order valence-corrected chi connectivity index (χ0v) is 4.56. The fourth-order valence-corrected chi connectivity index (χ4v) is 0.183. The Balaban J connectivity index is 3.63. The lowest BCUT2D eigenvalue weighted by Crippen LogP contribution is -1.71. The molecule has 0 aromatic carbocycles. The van der Waals surface area contributed by atoms with Crippen LogP contribution in [-0.4, -0.2) is 5.97 Å². The summed E-state index contributed by atoms with van der Waals surface area (Å²) in [6, 6.07) is 0. The minimum atomic E-state index is -0.489. The number of allylic oxidation sites excluding steroid dienone is 1. The number of rotatable bonds is 1. The van der Waals surface area contributed by atoms with Crippen LogP contribution in [0, 0.1) is 12.3 Å². The highest BCUT2D eigenvalue weighted by atomic mass is 19.1. The van der Waals surface area contributed by atoms with Gasteiger partial charge in [0.25, 0.3) is 0 Å². The standard InChI is InChI=1S/C6H6FN/c1-3-4-5-8-6(2)7/h1,4-5H,2H3/b5-4-,8-6+. The van der Waals surface area contributed by atoms with Crippen molar-refractivity contribution in [3.63, 3.8) is 0 Å². The summed E-state index contributed by atoms with van der Waals surface area (Å²) in [4.78, 5) is 3.24. The second kappa shape index (κ2) is 4.07. The molecule has 42 valence electrons. The van der Waals surface area contributed by atoms with Crippen molar-refractivity contribution in [2.75, 3.05) is 0 Å². The lowest BCUT2D eigenvalue weighted by atomic mass is 10.6. The smallest absolute Gasteiger partial charge is 0.185 e. The van der Waals surface area contributed by atoms with E-state index in [0.717, 1.165) is 0 Å². The van der Waals surface area contributed by atoms with Gasteiger partial charge in [-0.3, -0.25) is 0 Å². The number of hydrogen-bond acceptors (Lipinski definition) is 1. The Morgan fingerprint density at radius 3 is 2.88 bits per heavy atom. The topological polar surface area (TPSA) is 12.4 Å². The van der Waals surface area contributed by atoms with Crippen LogP contribution in [-0.2, 0) is 0 Å². The molecule has 0 spiro atoms. The predicted octanol–water partition coefficient (Wildman–Crippen LogP) is 1.52. The molecule has 0 heterocycles. The first-order chi connectivity index (χ1) is 3.77. The maximum absolute atomic E-state index is 11.7. The Kier molecular flexibility index (Phi) is 3.51. The average Bonchev–Trinajstić information content (AvgIpc) is 1.66. The molecule has 0 aliphatic rings. The van der Waals surface area contributed by atoms with E-state index in [-0.39, 0.29) is 0 Å². The molecular weight excluding hydrogens is 105 g/mol. The summed E-state index contributed by atoms with van der Waals surface area (Å²) >= 11 is 0. The lowest BCUT2D eigenvalue weighted by Gasteiger charge is -1.73. The van der Waals surface area contributed by atoms with E-state index in [2.05, 4.69) is 10.9 Å². The monoisotopic (exact) mass is 111 g/mol. The largest absolute Gasteiger partial charge is 0.232 e. The van der Waals surface area contributed by atoms with Crippen LogP contribution >= 0.6 is 0 Å². The van der Waals surface area contributed by atoms with Crippen molar-refractivity contribution in [3.8, 4) is 12.3 Å². The molecule has 0 aliphatic heterocycles. The van der Waals surface area contributed by atoms with E-state index in [4.69, 9.17) is 6.42 Å². The van der Waals surface area contributed by atoms with Crippen LogP contribution in [0.2, 0.25) is 0 Å². The van der Waals surface area contributed by atoms with E-state index in [1.807, 2.05) is 0 Å². The van der Waals surface area contributed by atoms with Gasteiger partial charge in [-0.2, -0.15) is 4.39 Å². The van der Waals surface area contributed by atoms with Crippen LogP contribution in [0.1, 0.15) is 6.92 Å². The molecule has 0 amide bonds. The first-order valence-corrected chi connectivity index (χ1v) is 2.08. The van der Waals surface area contributed by atoms with Gasteiger partial charge < -0.3 is 0 Å². The Hall–Kier alpha value is -1.10. The van der Waals surface area contributed by atoms with Gasteiger partial charge in [0.1, 0.15) is 0 Å². The molecule has 0 aliphatic carbocycles. The van der Waals surface area contributed by atoms with Gasteiger partial charge >= 0.3 is 0 Å². The summed E-state index contributed by atoms with van der Waals surface area (Å²) in [6.07, 6.45) is 7.34. The van der Waals surface area contributed by atoms with E-state index in [0.29, 0.717) is 0 Å². The third-order valence-corrected chi connectivity index (χ3v) is 0.423. The van der Waals surface area contributed by atoms with Crippen molar-refractivity contribution >= 4 is 5.97 Å². The van der Waals surface area contributed by atoms with Gasteiger partial charge in [-0.15, -0.1) is 6.42 Å². The molecule has 0 unspecified atom stereocenters. The summed E-state index contributed by atoms with van der Waals surface area (Å²) in [7, 11) is 0. The van der Waals surface area contributed by atoms with Crippen molar-refractivity contribution < 1.29 is 4.39 Å². The average molecular weight is 111 g/mol. The van der Waals surface area contributed by atoms with Gasteiger partial charge in [0.05, 0.1) is 0 Å². The van der Waals surface area contributed by atoms with Crippen molar-refractivity contribution in [3.05, 3.63) is 12.3 Å². The number of hydrogen-bond donors (Lipinski definition) is 0. The second-order valence-electron chi connectivity index (χ2n) is 1.11. The summed E-state index contributed by atoms with van der Waals surface area (Å²) in [6.45, 7) is 1.25. The fraction of sp³-hybridized carbons (Fsp3) is 0.167. The van der Waals surface area contributed by atoms with Gasteiger partial charge in [0.15, 0.2) is 5.97 Å². The van der Waals surface area contributed by atoms with Crippen LogP contribution in [0.5, 0.6) is 0 Å². The van der Waals surface area contributed by atoms with Crippen molar-refractivity contribution in [1.29, 1.82) is 0 Å². The van der Waals surface area contributed by atoms with Crippen LogP contribution in [0.25, 0.3) is 0 Å². The third-order valence-electron chi connectivity index (χ3n) is 0.423. The molecular formula is C6H6FN. The SMILES string of the molecule is C#C/C=C\N=C(/C)F. The third kappa shape index (κ3) is 4.90. The summed E-state index contributed by atoms with van der Waals surface area (Å²) in [5.41, 5.74) is 0. The first-order valence-electron chi connectivity index (χ1n) is 2.08. The van der Waals surface area contributed by atoms with Gasteiger partial charge in [-0.05, 0) is 0 Å². The molecule has 0 aromatic heterocycles. The van der Waals surface area contributed by atoms with Crippen LogP contribution in [0.4, 0.5) is 4.39 Å². The highest BCUT2D eigenvalue weighted by Gasteiger charge is 1.73. The van der Waals surface area contributed by atoms with Gasteiger partial charge in [-0.1, -0.05) is 5.92 Å². The Morgan fingerprint density at radius 2 is 2.50 bits per heavy atom. The Morgan fingerprint density at radius 1 is 1.88 bits per heavy atom. The quantitative estimate of drug-likeness (QED) is 0.359. The van der Waals surface area contributed by atoms with Crippen molar-refractivity contribution in [2.45, 2.75) is 6.92 Å². The molecule has 8 heavy (non-hydrogen) atoms. The molecule has 0 atom stereocenters. The van der Waals surface area contributed by atoms with Gasteiger partial charge in [0.2, 0.25) is 0 Å². The van der Waals surface area contributed by atoms with Gasteiger partial charge in [0, 0.05) is 19.2 Å². The minimum absolute atomic E-state index is 0.489. The van der Waals surface area contributed by atoms with E-state index in [9.17, 15) is 4.39 Å². The second-order valence-corrected chi connectivity index (χ2v) is 1.11. The molecule has 0 N–H and O–H groups in total. The molecule has 0 saturated heterocycles. The summed E-state index contributed by atoms with van der Waals surface area (Å²) in [5.74, 6) is 1.68. The molecule has 0 saturated carbocycles. The Bertz CT molecular complexity index is 146. The summed E-state index contributed by atoms with van der Waals surface area (Å²) in [5, 5.41) is 0. The fourth-order valence-electron chi connectivity index (χ4n) is 0.183. The molecule has 0 aromatic rings. The molecule has 0 fully saturated rings. The maximum Gasteiger partial charge on any atom is 0.185 e. The number of terminal acetylenes is 1. The van der Waals surface area contributed by atoms with Crippen molar-refractivity contribution in [2.24, 2.45) is 4.99 Å². The molecule has 0 bridgehead atoms. The van der Waals surface area contributed by atoms with E-state index in [1.165, 1.54) is 19.2 Å². The highest BCUT2D eigenvalue weighted by Crippen LogP contribution is 1.78. The molecule has 1 nitrogen and oxygen atoms in total. The summed E-state index contributed by atoms with van der Waals surface area (Å²) < 4.78 is 11.7. The van der Waals surface area contributed by atoms with E-state index in [1.54, 1.807) is 0 Å². The number of nitrogens with zero attached hydrogens (tertiary/aromatic N) is 1. The van der Waals surface area contributed by atoms with Crippen LogP contribution in [0.15, 0.2) is 17.3 Å². The van der Waals surface area contributed by atoms with Crippen LogP contribution in [0.3, 0.4) is 0 Å². The zero-order chi connectivity index (χ0) is 6.41. The first kappa shape index (κ1) is 6.90. The van der Waals surface area contributed by atoms with Crippen LogP contribution < -0.4 is 0 Å². The highest BCUT2D eigenvalue weighted by molar-refractivity contribution is 5.72. The molecule has 2 heteroatoms. The molecule has 0 radical (unpaired) electrons. The number of aliphatic imine (C=N–C) groups is 1. The molecule has 0 rings (SSSR count). The lowest BCUT2D eigenvalue weighted by molar-refractivity contribution is 0.798. The van der Waals surface area contributed by atoms with E-state index >= 15 is 0 Å². The Labute approximate surface area is 47.9 Å². The predicted molar refractivity (Wildman–Crippen MR) is 32.2 cm³/mol. The van der Waals surface area contributed by atoms with E-state index < -0.39 is 5.97 Å². The minimum Gasteiger partial charge on any atom is -0.232 e. The maximum atomic E-state index is 11.7.